The molecule has 2 atom stereocenters. The highest BCUT2D eigenvalue weighted by Crippen LogP contribution is 2.46. The van der Waals surface area contributed by atoms with E-state index in [-0.39, 0.29) is 9.80 Å². The summed E-state index contributed by atoms with van der Waals surface area (Å²) in [7, 11) is 0. The van der Waals surface area contributed by atoms with Crippen molar-refractivity contribution in [2.45, 2.75) is 58.4 Å². The molecule has 2 unspecified atom stereocenters. The lowest BCUT2D eigenvalue weighted by molar-refractivity contribution is -0.124. The SMILES string of the molecule is CSc1ccc(Sc2ccc(SC3CC(=O)N(c4c(F)c(F)c(-c5c(F)c(F)c(N6C(=O)CC(C(C)(C)C)C6=O)c(F)c5F)c(F)c4F)C3=O)cc2)cc1. The maximum Gasteiger partial charge on any atom is 0.247 e. The van der Waals surface area contributed by atoms with Crippen LogP contribution in [0.2, 0.25) is 0 Å². The first-order valence-electron chi connectivity index (χ1n) is 15.9. The number of benzene rings is 4. The van der Waals surface area contributed by atoms with Crippen LogP contribution in [0.15, 0.2) is 68.1 Å². The molecule has 6 nitrogen and oxygen atoms in total. The van der Waals surface area contributed by atoms with Crippen molar-refractivity contribution in [3.63, 3.8) is 0 Å². The summed E-state index contributed by atoms with van der Waals surface area (Å²) in [6.45, 7) is 4.57. The first kappa shape index (κ1) is 39.3. The zero-order valence-corrected chi connectivity index (χ0v) is 30.9. The van der Waals surface area contributed by atoms with Gasteiger partial charge < -0.3 is 0 Å². The van der Waals surface area contributed by atoms with Crippen LogP contribution in [0, 0.1) is 57.9 Å². The quantitative estimate of drug-likeness (QED) is 0.0760. The van der Waals surface area contributed by atoms with Gasteiger partial charge in [-0.2, -0.15) is 0 Å². The van der Waals surface area contributed by atoms with E-state index in [1.807, 2.05) is 30.5 Å². The molecule has 0 aliphatic carbocycles. The minimum atomic E-state index is -2.60. The molecule has 0 N–H and O–H groups in total. The van der Waals surface area contributed by atoms with Gasteiger partial charge in [-0.3, -0.25) is 19.2 Å². The van der Waals surface area contributed by atoms with Crippen molar-refractivity contribution in [2.24, 2.45) is 11.3 Å². The number of hydrogen-bond acceptors (Lipinski definition) is 7. The molecule has 2 heterocycles. The number of imide groups is 2. The Morgan fingerprint density at radius 1 is 0.537 bits per heavy atom. The number of thioether (sulfide) groups is 2. The lowest BCUT2D eigenvalue weighted by Crippen LogP contribution is -2.35. The first-order valence-corrected chi connectivity index (χ1v) is 18.8. The van der Waals surface area contributed by atoms with Gasteiger partial charge in [0, 0.05) is 32.4 Å². The summed E-state index contributed by atoms with van der Waals surface area (Å²) in [6.07, 6.45) is 0.711. The van der Waals surface area contributed by atoms with Gasteiger partial charge in [-0.25, -0.2) is 44.9 Å². The highest BCUT2D eigenvalue weighted by Gasteiger charge is 2.49. The molecule has 0 radical (unpaired) electrons. The van der Waals surface area contributed by atoms with E-state index >= 15 is 35.1 Å². The molecule has 0 saturated carbocycles. The van der Waals surface area contributed by atoms with Crippen LogP contribution >= 0.6 is 35.3 Å². The molecule has 282 valence electrons. The smallest absolute Gasteiger partial charge is 0.247 e. The van der Waals surface area contributed by atoms with Crippen LogP contribution in [-0.4, -0.2) is 35.1 Å². The summed E-state index contributed by atoms with van der Waals surface area (Å²) in [4.78, 5) is 54.8. The number of carbonyl (C=O) groups excluding carboxylic acids is 4. The van der Waals surface area contributed by atoms with Crippen LogP contribution in [0.3, 0.4) is 0 Å². The van der Waals surface area contributed by atoms with Crippen LogP contribution in [-0.2, 0) is 19.2 Å². The minimum Gasteiger partial charge on any atom is -0.274 e. The number of nitrogens with zero attached hydrogens (tertiary/aromatic N) is 2. The van der Waals surface area contributed by atoms with Crippen molar-refractivity contribution in [3.8, 4) is 11.1 Å². The molecule has 17 heteroatoms. The molecular weight excluding hydrogens is 785 g/mol. The summed E-state index contributed by atoms with van der Waals surface area (Å²) in [6, 6.07) is 14.5. The molecule has 54 heavy (non-hydrogen) atoms. The molecule has 0 aromatic heterocycles. The fraction of sp³-hybridized carbons (Fsp3) is 0.243. The van der Waals surface area contributed by atoms with Gasteiger partial charge in [-0.15, -0.1) is 23.5 Å². The third-order valence-corrected chi connectivity index (χ3v) is 11.8. The lowest BCUT2D eigenvalue weighted by Gasteiger charge is -2.25. The molecule has 4 aromatic rings. The molecule has 2 aliphatic heterocycles. The molecule has 0 spiro atoms. The van der Waals surface area contributed by atoms with Crippen molar-refractivity contribution in [3.05, 3.63) is 95.1 Å². The standard InChI is InChI=1S/C37H26F8N2O4S3/c1-37(2,3)19-13-21(48)46(35(19)50)33-29(42)25(38)23(26(39)30(33)43)24-27(40)31(44)34(32(45)28(24)41)47-22(49)14-20(36(47)51)54-18-11-9-17(10-12-18)53-16-7-5-15(52-4)6-8-16/h5-12,19-20H,13-14H2,1-4H3. The summed E-state index contributed by atoms with van der Waals surface area (Å²) in [5, 5.41) is -1.31. The first-order chi connectivity index (χ1) is 25.4. The maximum absolute atomic E-state index is 15.6. The van der Waals surface area contributed by atoms with Crippen LogP contribution in [0.4, 0.5) is 46.5 Å². The second kappa shape index (κ2) is 14.7. The normalized spacial score (nSPS) is 17.8. The molecule has 4 amide bonds. The van der Waals surface area contributed by atoms with Crippen LogP contribution < -0.4 is 9.80 Å². The van der Waals surface area contributed by atoms with E-state index in [4.69, 9.17) is 0 Å². The second-order valence-corrected chi connectivity index (χ2v) is 16.6. The predicted octanol–water partition coefficient (Wildman–Crippen LogP) is 9.69. The number of hydrogen-bond donors (Lipinski definition) is 0. The van der Waals surface area contributed by atoms with Crippen molar-refractivity contribution in [1.82, 2.24) is 0 Å². The molecule has 2 saturated heterocycles. The van der Waals surface area contributed by atoms with Gasteiger partial charge in [0.05, 0.1) is 22.3 Å². The molecule has 4 aromatic carbocycles. The number of anilines is 2. The zero-order valence-electron chi connectivity index (χ0n) is 28.5. The third-order valence-electron chi connectivity index (χ3n) is 8.87. The Morgan fingerprint density at radius 2 is 0.907 bits per heavy atom. The molecule has 0 bridgehead atoms. The van der Waals surface area contributed by atoms with Crippen molar-refractivity contribution < 1.29 is 54.3 Å². The Labute approximate surface area is 315 Å². The van der Waals surface area contributed by atoms with E-state index in [2.05, 4.69) is 0 Å². The Kier molecular flexibility index (Phi) is 10.7. The largest absolute Gasteiger partial charge is 0.274 e. The van der Waals surface area contributed by atoms with Gasteiger partial charge in [0.2, 0.25) is 23.6 Å². The monoisotopic (exact) mass is 810 g/mol. The highest BCUT2D eigenvalue weighted by molar-refractivity contribution is 8.01. The Morgan fingerprint density at radius 3 is 1.30 bits per heavy atom. The summed E-state index contributed by atoms with van der Waals surface area (Å²) >= 11 is 3.88. The zero-order chi connectivity index (χ0) is 39.5. The van der Waals surface area contributed by atoms with E-state index in [9.17, 15) is 19.2 Å². The van der Waals surface area contributed by atoms with Gasteiger partial charge >= 0.3 is 0 Å². The Hall–Kier alpha value is -4.35. The number of amides is 4. The van der Waals surface area contributed by atoms with E-state index in [1.54, 1.807) is 36.0 Å². The Balaban J connectivity index is 1.29. The third kappa shape index (κ3) is 6.78. The van der Waals surface area contributed by atoms with E-state index in [0.717, 1.165) is 26.4 Å². The van der Waals surface area contributed by atoms with Crippen molar-refractivity contribution >= 4 is 70.3 Å². The van der Waals surface area contributed by atoms with Gasteiger partial charge in [0.15, 0.2) is 46.5 Å². The average Bonchev–Trinajstić information content (AvgIpc) is 3.58. The molecule has 2 aliphatic rings. The van der Waals surface area contributed by atoms with Gasteiger partial charge in [-0.1, -0.05) is 32.5 Å². The van der Waals surface area contributed by atoms with Gasteiger partial charge in [-0.05, 0) is 60.2 Å². The minimum absolute atomic E-state index is 0.133. The van der Waals surface area contributed by atoms with Crippen LogP contribution in [0.1, 0.15) is 33.6 Å². The highest BCUT2D eigenvalue weighted by atomic mass is 32.2. The Bertz CT molecular complexity index is 2190. The second-order valence-electron chi connectivity index (χ2n) is 13.3. The maximum atomic E-state index is 15.6. The predicted molar refractivity (Wildman–Crippen MR) is 187 cm³/mol. The van der Waals surface area contributed by atoms with E-state index < -0.39 is 122 Å². The number of carbonyl (C=O) groups is 4. The molecule has 6 rings (SSSR count). The van der Waals surface area contributed by atoms with E-state index in [1.165, 1.54) is 32.5 Å². The van der Waals surface area contributed by atoms with Gasteiger partial charge in [0.1, 0.15) is 11.4 Å². The fourth-order valence-corrected chi connectivity index (χ4v) is 8.36. The molecule has 2 fully saturated rings. The summed E-state index contributed by atoms with van der Waals surface area (Å²) < 4.78 is 124. The van der Waals surface area contributed by atoms with Gasteiger partial charge in [0.25, 0.3) is 0 Å². The van der Waals surface area contributed by atoms with Crippen molar-refractivity contribution in [1.29, 1.82) is 0 Å². The van der Waals surface area contributed by atoms with Crippen LogP contribution in [0.25, 0.3) is 11.1 Å². The fourth-order valence-electron chi connectivity index (χ4n) is 6.08. The molecular formula is C37H26F8N2O4S3. The summed E-state index contributed by atoms with van der Waals surface area (Å²) in [5.74, 6) is -26.4. The van der Waals surface area contributed by atoms with Crippen molar-refractivity contribution in [2.75, 3.05) is 16.1 Å². The van der Waals surface area contributed by atoms with E-state index in [0.29, 0.717) is 4.90 Å². The summed E-state index contributed by atoms with van der Waals surface area (Å²) in [5.41, 5.74) is -9.09. The lowest BCUT2D eigenvalue weighted by atomic mass is 9.80. The number of halogens is 8. The average molecular weight is 811 g/mol. The number of rotatable bonds is 8. The topological polar surface area (TPSA) is 74.8 Å². The van der Waals surface area contributed by atoms with Crippen LogP contribution in [0.5, 0.6) is 0 Å².